The molecule has 1 aromatic carbocycles. The highest BCUT2D eigenvalue weighted by Gasteiger charge is 2.12. The van der Waals surface area contributed by atoms with E-state index >= 15 is 0 Å². The standard InChI is InChI=1S/C17H21N3OS/c1-3-4-5-6-11-16-19-20-12-14(18-17(20)22-16)13-9-7-8-10-15(13)21-2/h7-10,12H,3-6,11H2,1-2H3. The van der Waals surface area contributed by atoms with Gasteiger partial charge in [-0.2, -0.15) is 5.10 Å². The molecule has 116 valence electrons. The largest absolute Gasteiger partial charge is 0.496 e. The van der Waals surface area contributed by atoms with E-state index in [0.717, 1.165) is 28.4 Å². The summed E-state index contributed by atoms with van der Waals surface area (Å²) in [4.78, 5) is 5.65. The number of ether oxygens (including phenoxy) is 1. The summed E-state index contributed by atoms with van der Waals surface area (Å²) >= 11 is 1.68. The van der Waals surface area contributed by atoms with Crippen molar-refractivity contribution >= 4 is 16.3 Å². The first-order valence-corrected chi connectivity index (χ1v) is 8.62. The number of unbranched alkanes of at least 4 members (excludes halogenated alkanes) is 3. The van der Waals surface area contributed by atoms with E-state index in [1.54, 1.807) is 18.4 Å². The van der Waals surface area contributed by atoms with E-state index in [9.17, 15) is 0 Å². The Balaban J connectivity index is 1.78. The zero-order valence-corrected chi connectivity index (χ0v) is 13.9. The Bertz CT molecular complexity index is 716. The second-order valence-electron chi connectivity index (χ2n) is 5.36. The van der Waals surface area contributed by atoms with Crippen LogP contribution in [0.1, 0.15) is 37.6 Å². The van der Waals surface area contributed by atoms with Crippen molar-refractivity contribution in [3.63, 3.8) is 0 Å². The van der Waals surface area contributed by atoms with Crippen molar-refractivity contribution in [1.82, 2.24) is 14.6 Å². The van der Waals surface area contributed by atoms with Crippen molar-refractivity contribution in [3.8, 4) is 17.0 Å². The number of aromatic nitrogens is 3. The van der Waals surface area contributed by atoms with Crippen LogP contribution < -0.4 is 4.74 Å². The third-order valence-electron chi connectivity index (χ3n) is 3.71. The smallest absolute Gasteiger partial charge is 0.212 e. The molecule has 0 aliphatic rings. The summed E-state index contributed by atoms with van der Waals surface area (Å²) < 4.78 is 7.30. The van der Waals surface area contributed by atoms with Gasteiger partial charge in [0.2, 0.25) is 4.96 Å². The molecule has 0 bridgehead atoms. The first kappa shape index (κ1) is 15.0. The molecule has 0 atom stereocenters. The summed E-state index contributed by atoms with van der Waals surface area (Å²) in [5.41, 5.74) is 1.92. The number of benzene rings is 1. The molecule has 3 rings (SSSR count). The highest BCUT2D eigenvalue weighted by atomic mass is 32.1. The van der Waals surface area contributed by atoms with Gasteiger partial charge in [-0.1, -0.05) is 49.7 Å². The van der Waals surface area contributed by atoms with Gasteiger partial charge in [-0.3, -0.25) is 0 Å². The molecule has 0 spiro atoms. The number of hydrogen-bond acceptors (Lipinski definition) is 4. The van der Waals surface area contributed by atoms with Crippen molar-refractivity contribution < 1.29 is 4.74 Å². The Morgan fingerprint density at radius 3 is 2.82 bits per heavy atom. The molecule has 0 saturated heterocycles. The first-order chi connectivity index (χ1) is 10.8. The van der Waals surface area contributed by atoms with Crippen molar-refractivity contribution in [2.75, 3.05) is 7.11 Å². The van der Waals surface area contributed by atoms with Gasteiger partial charge in [0.25, 0.3) is 0 Å². The fraction of sp³-hybridized carbons (Fsp3) is 0.412. The maximum atomic E-state index is 5.41. The van der Waals surface area contributed by atoms with Crippen molar-refractivity contribution in [2.45, 2.75) is 39.0 Å². The van der Waals surface area contributed by atoms with E-state index in [0.29, 0.717) is 0 Å². The first-order valence-electron chi connectivity index (χ1n) is 7.80. The van der Waals surface area contributed by atoms with E-state index in [4.69, 9.17) is 9.72 Å². The second-order valence-corrected chi connectivity index (χ2v) is 6.40. The van der Waals surface area contributed by atoms with Crippen LogP contribution >= 0.6 is 11.3 Å². The summed E-state index contributed by atoms with van der Waals surface area (Å²) in [5.74, 6) is 0.841. The molecule has 2 aromatic heterocycles. The molecular weight excluding hydrogens is 294 g/mol. The Labute approximate surface area is 134 Å². The number of nitrogens with zero attached hydrogens (tertiary/aromatic N) is 3. The van der Waals surface area contributed by atoms with Crippen LogP contribution in [-0.2, 0) is 6.42 Å². The van der Waals surface area contributed by atoms with Crippen LogP contribution in [0.2, 0.25) is 0 Å². The summed E-state index contributed by atoms with van der Waals surface area (Å²) in [5, 5.41) is 5.82. The van der Waals surface area contributed by atoms with Crippen LogP contribution in [0.4, 0.5) is 0 Å². The molecule has 0 saturated carbocycles. The minimum atomic E-state index is 0.841. The number of para-hydroxylation sites is 1. The van der Waals surface area contributed by atoms with Gasteiger partial charge in [-0.25, -0.2) is 9.50 Å². The molecule has 4 nitrogen and oxygen atoms in total. The van der Waals surface area contributed by atoms with Crippen LogP contribution in [0.25, 0.3) is 16.2 Å². The maximum absolute atomic E-state index is 5.41. The summed E-state index contributed by atoms with van der Waals surface area (Å²) in [6.07, 6.45) is 8.11. The zero-order valence-electron chi connectivity index (χ0n) is 13.1. The molecule has 22 heavy (non-hydrogen) atoms. The van der Waals surface area contributed by atoms with Crippen molar-refractivity contribution in [2.24, 2.45) is 0 Å². The average molecular weight is 315 g/mol. The summed E-state index contributed by atoms with van der Waals surface area (Å²) in [6, 6.07) is 7.94. The molecule has 0 radical (unpaired) electrons. The van der Waals surface area contributed by atoms with Gasteiger partial charge in [0.1, 0.15) is 10.8 Å². The molecule has 0 unspecified atom stereocenters. The van der Waals surface area contributed by atoms with Crippen LogP contribution in [0.5, 0.6) is 5.75 Å². The zero-order chi connectivity index (χ0) is 15.4. The fourth-order valence-corrected chi connectivity index (χ4v) is 3.45. The third kappa shape index (κ3) is 3.14. The van der Waals surface area contributed by atoms with Crippen LogP contribution in [0, 0.1) is 0 Å². The molecule has 0 N–H and O–H groups in total. The van der Waals surface area contributed by atoms with Gasteiger partial charge < -0.3 is 4.74 Å². The van der Waals surface area contributed by atoms with E-state index in [2.05, 4.69) is 12.0 Å². The Morgan fingerprint density at radius 2 is 2.05 bits per heavy atom. The highest BCUT2D eigenvalue weighted by molar-refractivity contribution is 7.16. The average Bonchev–Trinajstić information content (AvgIpc) is 3.10. The van der Waals surface area contributed by atoms with E-state index in [-0.39, 0.29) is 0 Å². The SMILES string of the molecule is CCCCCCc1nn2cc(-c3ccccc3OC)nc2s1. The molecule has 0 amide bonds. The lowest BCUT2D eigenvalue weighted by Crippen LogP contribution is -1.89. The number of hydrogen-bond donors (Lipinski definition) is 0. The van der Waals surface area contributed by atoms with Crippen LogP contribution in [0.15, 0.2) is 30.5 Å². The molecule has 5 heteroatoms. The fourth-order valence-electron chi connectivity index (χ4n) is 2.53. The number of aryl methyl sites for hydroxylation is 1. The second kappa shape index (κ2) is 6.92. The van der Waals surface area contributed by atoms with Gasteiger partial charge >= 0.3 is 0 Å². The van der Waals surface area contributed by atoms with Crippen molar-refractivity contribution in [1.29, 1.82) is 0 Å². The molecule has 0 aliphatic heterocycles. The maximum Gasteiger partial charge on any atom is 0.212 e. The number of rotatable bonds is 7. The lowest BCUT2D eigenvalue weighted by Gasteiger charge is -2.04. The van der Waals surface area contributed by atoms with Gasteiger partial charge in [0, 0.05) is 12.0 Å². The lowest BCUT2D eigenvalue weighted by atomic mass is 10.1. The van der Waals surface area contributed by atoms with E-state index < -0.39 is 0 Å². The van der Waals surface area contributed by atoms with Gasteiger partial charge in [-0.05, 0) is 18.6 Å². The summed E-state index contributed by atoms with van der Waals surface area (Å²) in [7, 11) is 1.68. The molecule has 3 aromatic rings. The Morgan fingerprint density at radius 1 is 1.18 bits per heavy atom. The normalized spacial score (nSPS) is 11.2. The van der Waals surface area contributed by atoms with Crippen LogP contribution in [-0.4, -0.2) is 21.7 Å². The van der Waals surface area contributed by atoms with Gasteiger partial charge in [0.15, 0.2) is 0 Å². The van der Waals surface area contributed by atoms with E-state index in [1.807, 2.05) is 35.0 Å². The Hall–Kier alpha value is -1.88. The lowest BCUT2D eigenvalue weighted by molar-refractivity contribution is 0.416. The highest BCUT2D eigenvalue weighted by Crippen LogP contribution is 2.30. The molecular formula is C17H21N3OS. The van der Waals surface area contributed by atoms with Gasteiger partial charge in [-0.15, -0.1) is 0 Å². The summed E-state index contributed by atoms with van der Waals surface area (Å²) in [6.45, 7) is 2.23. The van der Waals surface area contributed by atoms with Crippen molar-refractivity contribution in [3.05, 3.63) is 35.5 Å². The minimum Gasteiger partial charge on any atom is -0.496 e. The Kier molecular flexibility index (Phi) is 4.73. The quantitative estimate of drug-likeness (QED) is 0.599. The van der Waals surface area contributed by atoms with Crippen LogP contribution in [0.3, 0.4) is 0 Å². The predicted molar refractivity (Wildman–Crippen MR) is 90.7 cm³/mol. The van der Waals surface area contributed by atoms with E-state index in [1.165, 1.54) is 30.7 Å². The molecule has 0 fully saturated rings. The number of imidazole rings is 1. The number of methoxy groups -OCH3 is 1. The number of fused-ring (bicyclic) bond motifs is 1. The topological polar surface area (TPSA) is 39.4 Å². The minimum absolute atomic E-state index is 0.841. The monoisotopic (exact) mass is 315 g/mol. The predicted octanol–water partition coefficient (Wildman–Crippen LogP) is 4.59. The molecule has 0 aliphatic carbocycles. The molecule has 2 heterocycles. The van der Waals surface area contributed by atoms with Gasteiger partial charge in [0.05, 0.1) is 19.0 Å². The third-order valence-corrected chi connectivity index (χ3v) is 4.69.